The van der Waals surface area contributed by atoms with Crippen molar-refractivity contribution in [2.75, 3.05) is 19.7 Å². The predicted octanol–water partition coefficient (Wildman–Crippen LogP) is 2.25. The molecule has 0 unspecified atom stereocenters. The number of hydrogen-bond donors (Lipinski definition) is 1. The molecule has 2 nitrogen and oxygen atoms in total. The highest BCUT2D eigenvalue weighted by Gasteiger charge is 2.21. The summed E-state index contributed by atoms with van der Waals surface area (Å²) in [5.74, 6) is 0.499. The monoisotopic (exact) mass is 225 g/mol. The largest absolute Gasteiger partial charge is 0.395 e. The standard InChI is InChI=1S/C12H16ClNO/c1-9-7-14(4-5-15)8-10-2-3-11(13)6-12(9)10/h2-3,6,9,15H,4-5,7-8H2,1H3/t9-/m0/s1. The number of aliphatic hydroxyl groups is 1. The number of β-amino-alcohol motifs (C(OH)–C–C–N with tert-alkyl or cyclic N) is 1. The smallest absolute Gasteiger partial charge is 0.0558 e. The van der Waals surface area contributed by atoms with Crippen molar-refractivity contribution in [2.24, 2.45) is 0 Å². The van der Waals surface area contributed by atoms with Gasteiger partial charge in [0.1, 0.15) is 0 Å². The molecule has 1 aliphatic rings. The Balaban J connectivity index is 2.24. The van der Waals surface area contributed by atoms with Crippen molar-refractivity contribution in [3.63, 3.8) is 0 Å². The average Bonchev–Trinajstić information content (AvgIpc) is 2.20. The molecular weight excluding hydrogens is 210 g/mol. The second kappa shape index (κ2) is 4.52. The molecule has 0 aromatic heterocycles. The van der Waals surface area contributed by atoms with Crippen molar-refractivity contribution in [1.82, 2.24) is 4.90 Å². The number of halogens is 1. The molecule has 3 heteroatoms. The van der Waals surface area contributed by atoms with E-state index in [1.807, 2.05) is 6.07 Å². The van der Waals surface area contributed by atoms with Gasteiger partial charge in [-0.3, -0.25) is 4.90 Å². The maximum atomic E-state index is 8.93. The Bertz CT molecular complexity index is 353. The first-order valence-corrected chi connectivity index (χ1v) is 5.70. The van der Waals surface area contributed by atoms with Crippen LogP contribution in [0.25, 0.3) is 0 Å². The van der Waals surface area contributed by atoms with E-state index in [9.17, 15) is 0 Å². The highest BCUT2D eigenvalue weighted by atomic mass is 35.5. The van der Waals surface area contributed by atoms with Crippen molar-refractivity contribution in [3.05, 3.63) is 34.3 Å². The molecule has 1 aliphatic heterocycles. The SMILES string of the molecule is C[C@H]1CN(CCO)Cc2ccc(Cl)cc21. The third-order valence-corrected chi connectivity index (χ3v) is 3.22. The lowest BCUT2D eigenvalue weighted by Gasteiger charge is -2.32. The maximum Gasteiger partial charge on any atom is 0.0558 e. The molecule has 0 amide bonds. The highest BCUT2D eigenvalue weighted by molar-refractivity contribution is 6.30. The van der Waals surface area contributed by atoms with E-state index in [1.54, 1.807) is 0 Å². The first kappa shape index (κ1) is 10.9. The van der Waals surface area contributed by atoms with E-state index in [2.05, 4.69) is 24.0 Å². The van der Waals surface area contributed by atoms with Gasteiger partial charge >= 0.3 is 0 Å². The van der Waals surface area contributed by atoms with E-state index in [0.29, 0.717) is 5.92 Å². The molecule has 1 heterocycles. The Morgan fingerprint density at radius 2 is 2.33 bits per heavy atom. The molecule has 0 spiro atoms. The van der Waals surface area contributed by atoms with Crippen molar-refractivity contribution < 1.29 is 5.11 Å². The summed E-state index contributed by atoms with van der Waals surface area (Å²) >= 11 is 5.99. The lowest BCUT2D eigenvalue weighted by Crippen LogP contribution is -2.34. The lowest BCUT2D eigenvalue weighted by atomic mass is 9.91. The molecule has 0 saturated heterocycles. The van der Waals surface area contributed by atoms with E-state index >= 15 is 0 Å². The van der Waals surface area contributed by atoms with Crippen LogP contribution in [-0.2, 0) is 6.54 Å². The fourth-order valence-electron chi connectivity index (χ4n) is 2.27. The van der Waals surface area contributed by atoms with Gasteiger partial charge in [0.25, 0.3) is 0 Å². The molecule has 82 valence electrons. The first-order chi connectivity index (χ1) is 7.20. The second-order valence-electron chi connectivity index (χ2n) is 4.20. The lowest BCUT2D eigenvalue weighted by molar-refractivity contribution is 0.175. The predicted molar refractivity (Wildman–Crippen MR) is 62.2 cm³/mol. The first-order valence-electron chi connectivity index (χ1n) is 5.32. The summed E-state index contributed by atoms with van der Waals surface area (Å²) in [6.45, 7) is 5.13. The van der Waals surface area contributed by atoms with Crippen LogP contribution in [0.2, 0.25) is 5.02 Å². The zero-order valence-electron chi connectivity index (χ0n) is 8.91. The van der Waals surface area contributed by atoms with E-state index in [0.717, 1.165) is 24.7 Å². The molecule has 2 rings (SSSR count). The number of nitrogens with zero attached hydrogens (tertiary/aromatic N) is 1. The summed E-state index contributed by atoms with van der Waals surface area (Å²) in [5, 5.41) is 9.75. The molecule has 1 atom stereocenters. The minimum atomic E-state index is 0.232. The Kier molecular flexibility index (Phi) is 3.29. The van der Waals surface area contributed by atoms with Crippen LogP contribution in [0.4, 0.5) is 0 Å². The normalized spacial score (nSPS) is 21.4. The van der Waals surface area contributed by atoms with Gasteiger partial charge in [-0.1, -0.05) is 24.6 Å². The zero-order chi connectivity index (χ0) is 10.8. The van der Waals surface area contributed by atoms with Gasteiger partial charge in [-0.2, -0.15) is 0 Å². The van der Waals surface area contributed by atoms with Crippen LogP contribution in [0.3, 0.4) is 0 Å². The molecule has 0 aliphatic carbocycles. The van der Waals surface area contributed by atoms with Crippen LogP contribution in [0.15, 0.2) is 18.2 Å². The molecule has 0 fully saturated rings. The molecule has 0 saturated carbocycles. The third-order valence-electron chi connectivity index (χ3n) is 2.98. The van der Waals surface area contributed by atoms with E-state index < -0.39 is 0 Å². The number of aliphatic hydroxyl groups excluding tert-OH is 1. The van der Waals surface area contributed by atoms with Gasteiger partial charge in [-0.15, -0.1) is 0 Å². The number of hydrogen-bond acceptors (Lipinski definition) is 2. The van der Waals surface area contributed by atoms with Gasteiger partial charge in [0.2, 0.25) is 0 Å². The van der Waals surface area contributed by atoms with E-state index in [1.165, 1.54) is 11.1 Å². The molecule has 1 N–H and O–H groups in total. The minimum Gasteiger partial charge on any atom is -0.395 e. The van der Waals surface area contributed by atoms with Gasteiger partial charge in [0.05, 0.1) is 6.61 Å². The Morgan fingerprint density at radius 1 is 1.53 bits per heavy atom. The Hall–Kier alpha value is -0.570. The van der Waals surface area contributed by atoms with Crippen LogP contribution >= 0.6 is 11.6 Å². The van der Waals surface area contributed by atoms with Crippen molar-refractivity contribution in [3.8, 4) is 0 Å². The topological polar surface area (TPSA) is 23.5 Å². The number of benzene rings is 1. The molecule has 1 aromatic carbocycles. The van der Waals surface area contributed by atoms with Gasteiger partial charge < -0.3 is 5.11 Å². The summed E-state index contributed by atoms with van der Waals surface area (Å²) in [6.07, 6.45) is 0. The summed E-state index contributed by atoms with van der Waals surface area (Å²) in [6, 6.07) is 6.10. The van der Waals surface area contributed by atoms with E-state index in [4.69, 9.17) is 16.7 Å². The highest BCUT2D eigenvalue weighted by Crippen LogP contribution is 2.29. The summed E-state index contributed by atoms with van der Waals surface area (Å²) < 4.78 is 0. The summed E-state index contributed by atoms with van der Waals surface area (Å²) in [5.41, 5.74) is 2.70. The van der Waals surface area contributed by atoms with Crippen molar-refractivity contribution in [1.29, 1.82) is 0 Å². The van der Waals surface area contributed by atoms with Crippen molar-refractivity contribution in [2.45, 2.75) is 19.4 Å². The summed E-state index contributed by atoms with van der Waals surface area (Å²) in [4.78, 5) is 2.28. The van der Waals surface area contributed by atoms with Crippen LogP contribution in [0.1, 0.15) is 24.0 Å². The van der Waals surface area contributed by atoms with Crippen LogP contribution in [0, 0.1) is 0 Å². The Labute approximate surface area is 95.5 Å². The molecule has 0 bridgehead atoms. The average molecular weight is 226 g/mol. The molecule has 0 radical (unpaired) electrons. The maximum absolute atomic E-state index is 8.93. The second-order valence-corrected chi connectivity index (χ2v) is 4.64. The quantitative estimate of drug-likeness (QED) is 0.835. The van der Waals surface area contributed by atoms with Crippen LogP contribution in [0.5, 0.6) is 0 Å². The Morgan fingerprint density at radius 3 is 3.07 bits per heavy atom. The minimum absolute atomic E-state index is 0.232. The van der Waals surface area contributed by atoms with E-state index in [-0.39, 0.29) is 6.61 Å². The van der Waals surface area contributed by atoms with Gasteiger partial charge in [0.15, 0.2) is 0 Å². The van der Waals surface area contributed by atoms with Gasteiger partial charge in [0, 0.05) is 24.7 Å². The zero-order valence-corrected chi connectivity index (χ0v) is 9.67. The van der Waals surface area contributed by atoms with Crippen molar-refractivity contribution >= 4 is 11.6 Å². The fraction of sp³-hybridized carbons (Fsp3) is 0.500. The molecule has 1 aromatic rings. The summed E-state index contributed by atoms with van der Waals surface area (Å²) in [7, 11) is 0. The fourth-order valence-corrected chi connectivity index (χ4v) is 2.45. The number of fused-ring (bicyclic) bond motifs is 1. The van der Waals surface area contributed by atoms with Gasteiger partial charge in [-0.25, -0.2) is 0 Å². The molecule has 15 heavy (non-hydrogen) atoms. The van der Waals surface area contributed by atoms with Gasteiger partial charge in [-0.05, 0) is 29.2 Å². The number of rotatable bonds is 2. The van der Waals surface area contributed by atoms with Crippen LogP contribution in [-0.4, -0.2) is 29.7 Å². The third kappa shape index (κ3) is 2.33. The molecular formula is C12H16ClNO. The van der Waals surface area contributed by atoms with Crippen LogP contribution < -0.4 is 0 Å².